The van der Waals surface area contributed by atoms with Gasteiger partial charge in [-0.05, 0) is 50.9 Å². The van der Waals surface area contributed by atoms with E-state index in [1.54, 1.807) is 0 Å². The van der Waals surface area contributed by atoms with E-state index >= 15 is 0 Å². The fourth-order valence-corrected chi connectivity index (χ4v) is 4.10. The zero-order valence-corrected chi connectivity index (χ0v) is 13.8. The zero-order valence-electron chi connectivity index (χ0n) is 13.8. The van der Waals surface area contributed by atoms with E-state index in [9.17, 15) is 0 Å². The van der Waals surface area contributed by atoms with Crippen molar-refractivity contribution in [1.82, 2.24) is 4.90 Å². The molecule has 0 spiro atoms. The Bertz CT molecular complexity index is 297. The first kappa shape index (κ1) is 16.3. The molecular weight excluding hydrogens is 248 g/mol. The molecule has 1 atom stereocenters. The standard InChI is InChI=1S/C17H34N2O/c1-4-20-15-6-12-19(13-7-15)17(14-18)9-5-8-16(2,3)10-11-17/h15H,4-14,18H2,1-3H3. The van der Waals surface area contributed by atoms with E-state index in [1.165, 1.54) is 58.0 Å². The van der Waals surface area contributed by atoms with Crippen molar-refractivity contribution < 1.29 is 4.74 Å². The first-order valence-electron chi connectivity index (χ1n) is 8.58. The van der Waals surface area contributed by atoms with Gasteiger partial charge in [0.15, 0.2) is 0 Å². The van der Waals surface area contributed by atoms with Crippen LogP contribution >= 0.6 is 0 Å². The number of likely N-dealkylation sites (tertiary alicyclic amines) is 1. The van der Waals surface area contributed by atoms with Crippen LogP contribution in [0.3, 0.4) is 0 Å². The summed E-state index contributed by atoms with van der Waals surface area (Å²) in [5.74, 6) is 0. The number of hydrogen-bond donors (Lipinski definition) is 1. The first-order chi connectivity index (χ1) is 9.51. The van der Waals surface area contributed by atoms with Crippen molar-refractivity contribution in [3.05, 3.63) is 0 Å². The van der Waals surface area contributed by atoms with E-state index in [-0.39, 0.29) is 5.54 Å². The van der Waals surface area contributed by atoms with Gasteiger partial charge in [-0.3, -0.25) is 4.90 Å². The zero-order chi connectivity index (χ0) is 14.6. The van der Waals surface area contributed by atoms with Gasteiger partial charge in [0.05, 0.1) is 6.10 Å². The highest BCUT2D eigenvalue weighted by molar-refractivity contribution is 4.97. The summed E-state index contributed by atoms with van der Waals surface area (Å²) < 4.78 is 5.78. The molecule has 1 heterocycles. The van der Waals surface area contributed by atoms with E-state index in [0.29, 0.717) is 11.5 Å². The molecule has 0 aromatic carbocycles. The minimum atomic E-state index is 0.269. The highest BCUT2D eigenvalue weighted by Gasteiger charge is 2.40. The minimum absolute atomic E-state index is 0.269. The lowest BCUT2D eigenvalue weighted by atomic mass is 9.82. The first-order valence-corrected chi connectivity index (χ1v) is 8.58. The van der Waals surface area contributed by atoms with Gasteiger partial charge in [0.1, 0.15) is 0 Å². The quantitative estimate of drug-likeness (QED) is 0.805. The van der Waals surface area contributed by atoms with Gasteiger partial charge in [0.25, 0.3) is 0 Å². The highest BCUT2D eigenvalue weighted by atomic mass is 16.5. The molecule has 3 heteroatoms. The Balaban J connectivity index is 1.97. The van der Waals surface area contributed by atoms with Crippen LogP contribution in [-0.2, 0) is 4.74 Å². The summed E-state index contributed by atoms with van der Waals surface area (Å²) in [7, 11) is 0. The Morgan fingerprint density at radius 3 is 2.40 bits per heavy atom. The largest absolute Gasteiger partial charge is 0.378 e. The van der Waals surface area contributed by atoms with Crippen LogP contribution in [0.2, 0.25) is 0 Å². The van der Waals surface area contributed by atoms with Gasteiger partial charge in [0.2, 0.25) is 0 Å². The van der Waals surface area contributed by atoms with E-state index < -0.39 is 0 Å². The van der Waals surface area contributed by atoms with Crippen molar-refractivity contribution in [3.8, 4) is 0 Å². The van der Waals surface area contributed by atoms with E-state index in [2.05, 4.69) is 25.7 Å². The third-order valence-electron chi connectivity index (χ3n) is 5.66. The molecule has 1 unspecified atom stereocenters. The fourth-order valence-electron chi connectivity index (χ4n) is 4.10. The van der Waals surface area contributed by atoms with Crippen molar-refractivity contribution in [3.63, 3.8) is 0 Å². The lowest BCUT2D eigenvalue weighted by molar-refractivity contribution is -0.0231. The van der Waals surface area contributed by atoms with Crippen LogP contribution < -0.4 is 5.73 Å². The van der Waals surface area contributed by atoms with Gasteiger partial charge >= 0.3 is 0 Å². The van der Waals surface area contributed by atoms with Crippen LogP contribution in [0.1, 0.15) is 65.7 Å². The second-order valence-electron chi connectivity index (χ2n) is 7.59. The van der Waals surface area contributed by atoms with Gasteiger partial charge < -0.3 is 10.5 Å². The Morgan fingerprint density at radius 1 is 1.10 bits per heavy atom. The Hall–Kier alpha value is -0.120. The summed E-state index contributed by atoms with van der Waals surface area (Å²) >= 11 is 0. The Morgan fingerprint density at radius 2 is 1.80 bits per heavy atom. The maximum absolute atomic E-state index is 6.25. The number of hydrogen-bond acceptors (Lipinski definition) is 3. The molecule has 2 rings (SSSR count). The molecule has 3 nitrogen and oxygen atoms in total. The molecule has 1 aliphatic heterocycles. The van der Waals surface area contributed by atoms with Crippen molar-refractivity contribution in [2.75, 3.05) is 26.2 Å². The van der Waals surface area contributed by atoms with Crippen LogP contribution in [0.5, 0.6) is 0 Å². The molecule has 1 saturated heterocycles. The van der Waals surface area contributed by atoms with Gasteiger partial charge in [0, 0.05) is 31.8 Å². The summed E-state index contributed by atoms with van der Waals surface area (Å²) in [5, 5.41) is 0. The van der Waals surface area contributed by atoms with E-state index in [1.807, 2.05) is 0 Å². The maximum atomic E-state index is 6.25. The normalized spacial score (nSPS) is 33.0. The molecule has 2 fully saturated rings. The number of nitrogens with zero attached hydrogens (tertiary/aromatic N) is 1. The summed E-state index contributed by atoms with van der Waals surface area (Å²) in [6.07, 6.45) is 9.39. The van der Waals surface area contributed by atoms with Crippen LogP contribution in [0, 0.1) is 5.41 Å². The summed E-state index contributed by atoms with van der Waals surface area (Å²) in [4.78, 5) is 2.70. The highest BCUT2D eigenvalue weighted by Crippen LogP contribution is 2.41. The molecule has 2 aliphatic rings. The molecule has 0 amide bonds. The fraction of sp³-hybridized carbons (Fsp3) is 1.00. The van der Waals surface area contributed by atoms with Crippen molar-refractivity contribution in [2.24, 2.45) is 11.1 Å². The molecule has 118 valence electrons. The number of piperidine rings is 1. The topological polar surface area (TPSA) is 38.5 Å². The van der Waals surface area contributed by atoms with Crippen molar-refractivity contribution in [1.29, 1.82) is 0 Å². The SMILES string of the molecule is CCOC1CCN(C2(CN)CCCC(C)(C)CC2)CC1. The minimum Gasteiger partial charge on any atom is -0.378 e. The van der Waals surface area contributed by atoms with Crippen LogP contribution in [0.15, 0.2) is 0 Å². The molecule has 0 aromatic heterocycles. The van der Waals surface area contributed by atoms with E-state index in [4.69, 9.17) is 10.5 Å². The Labute approximate surface area is 125 Å². The molecule has 0 bridgehead atoms. The monoisotopic (exact) mass is 282 g/mol. The van der Waals surface area contributed by atoms with Crippen LogP contribution in [0.25, 0.3) is 0 Å². The van der Waals surface area contributed by atoms with Gasteiger partial charge in [-0.25, -0.2) is 0 Å². The third-order valence-corrected chi connectivity index (χ3v) is 5.66. The summed E-state index contributed by atoms with van der Waals surface area (Å²) in [6, 6.07) is 0. The van der Waals surface area contributed by atoms with Crippen molar-refractivity contribution in [2.45, 2.75) is 77.4 Å². The summed E-state index contributed by atoms with van der Waals surface area (Å²) in [6.45, 7) is 10.9. The predicted molar refractivity (Wildman–Crippen MR) is 84.9 cm³/mol. The number of nitrogens with two attached hydrogens (primary N) is 1. The molecule has 0 radical (unpaired) electrons. The molecular formula is C17H34N2O. The second-order valence-corrected chi connectivity index (χ2v) is 7.59. The average molecular weight is 282 g/mol. The Kier molecular flexibility index (Phi) is 5.49. The number of rotatable bonds is 4. The smallest absolute Gasteiger partial charge is 0.0599 e. The molecule has 1 saturated carbocycles. The number of ether oxygens (including phenoxy) is 1. The lowest BCUT2D eigenvalue weighted by Crippen LogP contribution is -2.56. The molecule has 20 heavy (non-hydrogen) atoms. The van der Waals surface area contributed by atoms with Crippen molar-refractivity contribution >= 4 is 0 Å². The maximum Gasteiger partial charge on any atom is 0.0599 e. The molecule has 1 aliphatic carbocycles. The molecule has 2 N–H and O–H groups in total. The van der Waals surface area contributed by atoms with Gasteiger partial charge in [-0.15, -0.1) is 0 Å². The van der Waals surface area contributed by atoms with Gasteiger partial charge in [-0.1, -0.05) is 20.3 Å². The average Bonchev–Trinajstić information content (AvgIpc) is 2.59. The third kappa shape index (κ3) is 3.75. The van der Waals surface area contributed by atoms with Crippen LogP contribution in [0.4, 0.5) is 0 Å². The lowest BCUT2D eigenvalue weighted by Gasteiger charge is -2.46. The second kappa shape index (κ2) is 6.76. The van der Waals surface area contributed by atoms with E-state index in [0.717, 1.165) is 13.2 Å². The summed E-state index contributed by atoms with van der Waals surface area (Å²) in [5.41, 5.74) is 7.02. The van der Waals surface area contributed by atoms with Crippen LogP contribution in [-0.4, -0.2) is 42.8 Å². The predicted octanol–water partition coefficient (Wildman–Crippen LogP) is 3.18. The van der Waals surface area contributed by atoms with Gasteiger partial charge in [-0.2, -0.15) is 0 Å². The molecule has 0 aromatic rings.